The molecule has 2 N–H and O–H groups in total. The summed E-state index contributed by atoms with van der Waals surface area (Å²) in [5.41, 5.74) is 0.982. The first kappa shape index (κ1) is 20.6. The first-order valence-electron chi connectivity index (χ1n) is 9.76. The molecular formula is C21H21F2N3O3S. The largest absolute Gasteiger partial charge is 0.348 e. The van der Waals surface area contributed by atoms with Crippen LogP contribution in [0.2, 0.25) is 0 Å². The molecule has 30 heavy (non-hydrogen) atoms. The van der Waals surface area contributed by atoms with Crippen molar-refractivity contribution in [1.82, 2.24) is 15.2 Å². The lowest BCUT2D eigenvalue weighted by atomic mass is 9.95. The third kappa shape index (κ3) is 4.12. The van der Waals surface area contributed by atoms with E-state index in [0.29, 0.717) is 24.1 Å². The number of pyridine rings is 1. The molecule has 3 heterocycles. The molecule has 2 aliphatic heterocycles. The number of thioether (sulfide) groups is 1. The van der Waals surface area contributed by atoms with Crippen molar-refractivity contribution in [3.05, 3.63) is 68.6 Å². The van der Waals surface area contributed by atoms with Crippen molar-refractivity contribution >= 4 is 23.6 Å². The van der Waals surface area contributed by atoms with Crippen LogP contribution in [-0.4, -0.2) is 45.8 Å². The van der Waals surface area contributed by atoms with Crippen LogP contribution in [0.4, 0.5) is 8.78 Å². The van der Waals surface area contributed by atoms with Gasteiger partial charge in [-0.15, -0.1) is 0 Å². The summed E-state index contributed by atoms with van der Waals surface area (Å²) >= 11 is 1.76. The van der Waals surface area contributed by atoms with E-state index in [0.717, 1.165) is 24.0 Å². The van der Waals surface area contributed by atoms with Gasteiger partial charge in [-0.25, -0.2) is 8.78 Å². The predicted octanol–water partition coefficient (Wildman–Crippen LogP) is 2.02. The molecule has 158 valence electrons. The smallest absolute Gasteiger partial charge is 0.261 e. The number of H-pyrrole nitrogens is 1. The molecule has 0 bridgehead atoms. The molecule has 1 fully saturated rings. The third-order valence-corrected chi connectivity index (χ3v) is 6.67. The minimum atomic E-state index is -1.02. The van der Waals surface area contributed by atoms with Gasteiger partial charge in [0.1, 0.15) is 5.56 Å². The minimum Gasteiger partial charge on any atom is -0.348 e. The van der Waals surface area contributed by atoms with Crippen LogP contribution in [0.3, 0.4) is 0 Å². The number of aromatic nitrogens is 1. The molecule has 1 aromatic carbocycles. The molecule has 2 aromatic rings. The second-order valence-corrected chi connectivity index (χ2v) is 8.64. The first-order chi connectivity index (χ1) is 14.4. The predicted molar refractivity (Wildman–Crippen MR) is 109 cm³/mol. The Hall–Kier alpha value is -2.68. The Balaban J connectivity index is 1.51. The number of fused-ring (bicyclic) bond motifs is 1. The Morgan fingerprint density at radius 1 is 1.30 bits per heavy atom. The lowest BCUT2D eigenvalue weighted by Crippen LogP contribution is -2.42. The van der Waals surface area contributed by atoms with Gasteiger partial charge in [-0.05, 0) is 35.8 Å². The summed E-state index contributed by atoms with van der Waals surface area (Å²) < 4.78 is 27.3. The zero-order valence-corrected chi connectivity index (χ0v) is 17.0. The van der Waals surface area contributed by atoms with Crippen LogP contribution in [0.15, 0.2) is 29.2 Å². The van der Waals surface area contributed by atoms with E-state index < -0.39 is 17.2 Å². The number of nitrogens with zero attached hydrogens (tertiary/aromatic N) is 1. The number of rotatable bonds is 4. The Morgan fingerprint density at radius 3 is 2.90 bits per heavy atom. The number of halogens is 2. The maximum Gasteiger partial charge on any atom is 0.261 e. The van der Waals surface area contributed by atoms with Crippen molar-refractivity contribution in [2.75, 3.05) is 18.1 Å². The highest BCUT2D eigenvalue weighted by molar-refractivity contribution is 7.99. The van der Waals surface area contributed by atoms with Gasteiger partial charge in [-0.2, -0.15) is 11.8 Å². The highest BCUT2D eigenvalue weighted by Crippen LogP contribution is 2.23. The van der Waals surface area contributed by atoms with Crippen molar-refractivity contribution in [2.24, 2.45) is 0 Å². The molecule has 1 atom stereocenters. The molecule has 4 rings (SSSR count). The van der Waals surface area contributed by atoms with E-state index in [1.807, 2.05) is 0 Å². The SMILES string of the molecule is O=C(NC1CCSC1)c1c2c(c[nH]c1=O)CN(C(=O)Cc1cccc(F)c1F)CC2. The quantitative estimate of drug-likeness (QED) is 0.773. The molecule has 1 aromatic heterocycles. The van der Waals surface area contributed by atoms with Crippen molar-refractivity contribution in [3.8, 4) is 0 Å². The highest BCUT2D eigenvalue weighted by atomic mass is 32.2. The summed E-state index contributed by atoms with van der Waals surface area (Å²) in [5, 5.41) is 2.93. The first-order valence-corrected chi connectivity index (χ1v) is 10.9. The minimum absolute atomic E-state index is 0.00163. The molecule has 1 unspecified atom stereocenters. The number of hydrogen-bond acceptors (Lipinski definition) is 4. The van der Waals surface area contributed by atoms with Crippen LogP contribution in [-0.2, 0) is 24.2 Å². The van der Waals surface area contributed by atoms with Crippen LogP contribution < -0.4 is 10.9 Å². The zero-order valence-electron chi connectivity index (χ0n) is 16.2. The third-order valence-electron chi connectivity index (χ3n) is 5.50. The van der Waals surface area contributed by atoms with Crippen LogP contribution in [0, 0.1) is 11.6 Å². The van der Waals surface area contributed by atoms with E-state index in [4.69, 9.17) is 0 Å². The van der Waals surface area contributed by atoms with Gasteiger partial charge in [0.25, 0.3) is 11.5 Å². The van der Waals surface area contributed by atoms with Gasteiger partial charge in [0.05, 0.1) is 6.42 Å². The maximum absolute atomic E-state index is 13.9. The van der Waals surface area contributed by atoms with Gasteiger partial charge in [-0.1, -0.05) is 12.1 Å². The van der Waals surface area contributed by atoms with Crippen LogP contribution in [0.5, 0.6) is 0 Å². The standard InChI is InChI=1S/C21H21F2N3O3S/c22-16-3-1-2-12(19(16)23)8-17(27)26-6-4-15-13(10-26)9-24-20(28)18(15)21(29)25-14-5-7-30-11-14/h1-3,9,14H,4-8,10-11H2,(H,24,28)(H,25,29). The monoisotopic (exact) mass is 433 g/mol. The molecular weight excluding hydrogens is 412 g/mol. The molecule has 0 spiro atoms. The fourth-order valence-electron chi connectivity index (χ4n) is 3.89. The molecule has 0 aliphatic carbocycles. The summed E-state index contributed by atoms with van der Waals surface area (Å²) in [6, 6.07) is 3.81. The lowest BCUT2D eigenvalue weighted by molar-refractivity contribution is -0.131. The van der Waals surface area contributed by atoms with Gasteiger partial charge in [0.15, 0.2) is 11.6 Å². The number of benzene rings is 1. The average molecular weight is 433 g/mol. The topological polar surface area (TPSA) is 82.3 Å². The number of carbonyl (C=O) groups is 2. The normalized spacial score (nSPS) is 18.2. The van der Waals surface area contributed by atoms with Crippen molar-refractivity contribution in [3.63, 3.8) is 0 Å². The summed E-state index contributed by atoms with van der Waals surface area (Å²) in [7, 11) is 0. The molecule has 2 amide bonds. The maximum atomic E-state index is 13.9. The molecule has 6 nitrogen and oxygen atoms in total. The Kier molecular flexibility index (Phi) is 5.90. The number of hydrogen-bond donors (Lipinski definition) is 2. The van der Waals surface area contributed by atoms with Gasteiger partial charge >= 0.3 is 0 Å². The molecule has 9 heteroatoms. The average Bonchev–Trinajstić information content (AvgIpc) is 3.23. The van der Waals surface area contributed by atoms with Crippen molar-refractivity contribution in [2.45, 2.75) is 31.8 Å². The van der Waals surface area contributed by atoms with Gasteiger partial charge < -0.3 is 15.2 Å². The van der Waals surface area contributed by atoms with E-state index in [9.17, 15) is 23.2 Å². The summed E-state index contributed by atoms with van der Waals surface area (Å²) in [4.78, 5) is 41.8. The van der Waals surface area contributed by atoms with Crippen LogP contribution in [0.1, 0.15) is 33.5 Å². The van der Waals surface area contributed by atoms with E-state index in [2.05, 4.69) is 10.3 Å². The molecule has 2 aliphatic rings. The molecule has 0 saturated carbocycles. The van der Waals surface area contributed by atoms with Crippen LogP contribution >= 0.6 is 11.8 Å². The Morgan fingerprint density at radius 2 is 2.13 bits per heavy atom. The molecule has 0 radical (unpaired) electrons. The number of aromatic amines is 1. The number of amides is 2. The van der Waals surface area contributed by atoms with Crippen molar-refractivity contribution < 1.29 is 18.4 Å². The fraction of sp³-hybridized carbons (Fsp3) is 0.381. The molecule has 1 saturated heterocycles. The number of carbonyl (C=O) groups excluding carboxylic acids is 2. The van der Waals surface area contributed by atoms with Gasteiger partial charge in [0, 0.05) is 36.6 Å². The fourth-order valence-corrected chi connectivity index (χ4v) is 5.04. The highest BCUT2D eigenvalue weighted by Gasteiger charge is 2.28. The number of nitrogens with one attached hydrogen (secondary N) is 2. The second kappa shape index (κ2) is 8.59. The summed E-state index contributed by atoms with van der Waals surface area (Å²) in [5.74, 6) is -0.920. The van der Waals surface area contributed by atoms with Gasteiger partial charge in [0.2, 0.25) is 5.91 Å². The summed E-state index contributed by atoms with van der Waals surface area (Å²) in [6.07, 6.45) is 2.48. The second-order valence-electron chi connectivity index (χ2n) is 7.49. The van der Waals surface area contributed by atoms with E-state index in [-0.39, 0.29) is 41.9 Å². The van der Waals surface area contributed by atoms with Crippen LogP contribution in [0.25, 0.3) is 0 Å². The Labute approximate surface area is 176 Å². The van der Waals surface area contributed by atoms with E-state index in [1.54, 1.807) is 11.8 Å². The summed E-state index contributed by atoms with van der Waals surface area (Å²) in [6.45, 7) is 0.493. The van der Waals surface area contributed by atoms with Gasteiger partial charge in [-0.3, -0.25) is 14.4 Å². The van der Waals surface area contributed by atoms with E-state index in [1.165, 1.54) is 23.2 Å². The lowest BCUT2D eigenvalue weighted by Gasteiger charge is -2.30. The van der Waals surface area contributed by atoms with E-state index >= 15 is 0 Å². The van der Waals surface area contributed by atoms with Crippen molar-refractivity contribution in [1.29, 1.82) is 0 Å². The Bertz CT molecular complexity index is 1050. The zero-order chi connectivity index (χ0) is 21.3.